The zero-order chi connectivity index (χ0) is 36.6. The first-order chi connectivity index (χ1) is 22.5. The fourth-order valence-corrected chi connectivity index (χ4v) is 3.42. The van der Waals surface area contributed by atoms with Crippen molar-refractivity contribution in [3.8, 4) is 0 Å². The van der Waals surface area contributed by atoms with Crippen molar-refractivity contribution in [1.29, 1.82) is 0 Å². The second-order valence-electron chi connectivity index (χ2n) is 8.62. The highest BCUT2D eigenvalue weighted by molar-refractivity contribution is 6.03. The van der Waals surface area contributed by atoms with Crippen molar-refractivity contribution < 1.29 is 79.2 Å². The fourth-order valence-electron chi connectivity index (χ4n) is 3.42. The van der Waals surface area contributed by atoms with E-state index in [1.54, 1.807) is 0 Å². The van der Waals surface area contributed by atoms with Gasteiger partial charge in [0.25, 0.3) is 0 Å². The molecule has 16 heteroatoms. The minimum Gasteiger partial charge on any atom is -0.478 e. The molecular weight excluding hydrogens is 688 g/mol. The van der Waals surface area contributed by atoms with Crippen molar-refractivity contribution in [1.82, 2.24) is 0 Å². The maximum Gasteiger partial charge on any atom is 0.336 e. The summed E-state index contributed by atoms with van der Waals surface area (Å²) in [5, 5.41) is 68.4. The lowest BCUT2D eigenvalue weighted by Gasteiger charge is -1.98. The van der Waals surface area contributed by atoms with E-state index < -0.39 is 47.8 Å². The average molecular weight is 729 g/mol. The summed E-state index contributed by atoms with van der Waals surface area (Å²) in [7, 11) is 0. The Bertz CT molecular complexity index is 1460. The predicted molar refractivity (Wildman–Crippen MR) is 188 cm³/mol. The molecule has 0 atom stereocenters. The molecule has 4 aromatic carbocycles. The van der Waals surface area contributed by atoms with Crippen LogP contribution in [0.5, 0.6) is 0 Å². The van der Waals surface area contributed by atoms with Gasteiger partial charge in [0.2, 0.25) is 0 Å². The molecule has 16 nitrogen and oxygen atoms in total. The van der Waals surface area contributed by atoms with Gasteiger partial charge in [0.15, 0.2) is 0 Å². The average Bonchev–Trinajstić information content (AvgIpc) is 3.05. The largest absolute Gasteiger partial charge is 0.478 e. The fraction of sp³-hybridized carbons (Fsp3) is 0.111. The van der Waals surface area contributed by atoms with Crippen LogP contribution >= 0.6 is 0 Å². The molecule has 0 bridgehead atoms. The summed E-state index contributed by atoms with van der Waals surface area (Å²) in [5.74, 6) is -9.83. The van der Waals surface area contributed by atoms with Crippen LogP contribution in [0.2, 0.25) is 0 Å². The van der Waals surface area contributed by atoms with Gasteiger partial charge in [0, 0.05) is 0 Å². The molecule has 0 unspecified atom stereocenters. The Morgan fingerprint density at radius 1 is 0.231 bits per heavy atom. The molecule has 0 saturated heterocycles. The summed E-state index contributed by atoms with van der Waals surface area (Å²) in [6.45, 7) is 0. The molecule has 0 aliphatic rings. The van der Waals surface area contributed by atoms with Gasteiger partial charge in [0.05, 0.1) is 44.5 Å². The van der Waals surface area contributed by atoms with Crippen molar-refractivity contribution >= 4 is 47.8 Å². The Kier molecular flexibility index (Phi) is 24.5. The molecule has 4 aromatic rings. The van der Waals surface area contributed by atoms with Gasteiger partial charge in [-0.2, -0.15) is 0 Å². The highest BCUT2D eigenvalue weighted by atomic mass is 16.4. The van der Waals surface area contributed by atoms with E-state index in [1.165, 1.54) is 97.1 Å². The molecule has 52 heavy (non-hydrogen) atoms. The second-order valence-corrected chi connectivity index (χ2v) is 8.62. The topological polar surface area (TPSA) is 298 Å². The smallest absolute Gasteiger partial charge is 0.336 e. The van der Waals surface area contributed by atoms with Gasteiger partial charge in [-0.1, -0.05) is 78.2 Å². The molecule has 0 saturated carbocycles. The highest BCUT2D eigenvalue weighted by Gasteiger charge is 2.16. The van der Waals surface area contributed by atoms with Crippen LogP contribution in [0.4, 0.5) is 0 Å². The molecular formula is C36H40O16. The van der Waals surface area contributed by atoms with Crippen LogP contribution in [0.3, 0.4) is 0 Å². The maximum atomic E-state index is 10.5. The highest BCUT2D eigenvalue weighted by Crippen LogP contribution is 2.10. The monoisotopic (exact) mass is 728 g/mol. The van der Waals surface area contributed by atoms with Crippen LogP contribution in [0, 0.1) is 0 Å². The van der Waals surface area contributed by atoms with E-state index in [4.69, 9.17) is 40.9 Å². The first-order valence-corrected chi connectivity index (χ1v) is 12.7. The molecule has 4 rings (SSSR count). The van der Waals surface area contributed by atoms with Crippen molar-refractivity contribution in [2.45, 2.75) is 29.7 Å². The van der Waals surface area contributed by atoms with E-state index in [1.807, 2.05) is 0 Å². The van der Waals surface area contributed by atoms with E-state index in [2.05, 4.69) is 0 Å². The molecule has 0 fully saturated rings. The molecule has 0 aromatic heterocycles. The number of rotatable bonds is 8. The van der Waals surface area contributed by atoms with Crippen LogP contribution in [0.25, 0.3) is 0 Å². The Hall–Kier alpha value is -7.36. The van der Waals surface area contributed by atoms with Crippen molar-refractivity contribution in [3.05, 3.63) is 142 Å². The van der Waals surface area contributed by atoms with Gasteiger partial charge < -0.3 is 40.9 Å². The SMILES string of the molecule is C.C.C.C.O=C(O)c1ccccc1C(=O)O.O=C(O)c1ccccc1C(=O)O.O=C(O)c1ccccc1C(=O)O.O=C(O)c1ccccc1C(=O)O. The van der Waals surface area contributed by atoms with Gasteiger partial charge in [-0.05, 0) is 48.5 Å². The Morgan fingerprint density at radius 3 is 0.365 bits per heavy atom. The summed E-state index contributed by atoms with van der Waals surface area (Å²) in [6.07, 6.45) is 0. The minimum absolute atomic E-state index is 0. The zero-order valence-electron chi connectivity index (χ0n) is 24.1. The third-order valence-electron chi connectivity index (χ3n) is 5.55. The third kappa shape index (κ3) is 15.7. The number of carbonyl (C=O) groups is 8. The number of carboxylic acids is 8. The number of hydrogen-bond acceptors (Lipinski definition) is 8. The maximum absolute atomic E-state index is 10.5. The number of hydrogen-bond donors (Lipinski definition) is 8. The molecule has 0 radical (unpaired) electrons. The van der Waals surface area contributed by atoms with Crippen molar-refractivity contribution in [2.75, 3.05) is 0 Å². The molecule has 0 aliphatic heterocycles. The summed E-state index contributed by atoms with van der Waals surface area (Å²) in [4.78, 5) is 83.7. The Morgan fingerprint density at radius 2 is 0.308 bits per heavy atom. The lowest BCUT2D eigenvalue weighted by atomic mass is 10.1. The molecule has 0 aliphatic carbocycles. The number of carboxylic acid groups (broad SMARTS) is 8. The van der Waals surface area contributed by atoms with Crippen LogP contribution in [0.15, 0.2) is 97.1 Å². The summed E-state index contributed by atoms with van der Waals surface area (Å²) >= 11 is 0. The van der Waals surface area contributed by atoms with Crippen LogP contribution in [-0.2, 0) is 0 Å². The van der Waals surface area contributed by atoms with Crippen LogP contribution in [-0.4, -0.2) is 88.6 Å². The Labute approximate surface area is 298 Å². The summed E-state index contributed by atoms with van der Waals surface area (Å²) in [6, 6.07) is 21.9. The van der Waals surface area contributed by atoms with E-state index >= 15 is 0 Å². The predicted octanol–water partition coefficient (Wildman–Crippen LogP) is 6.88. The van der Waals surface area contributed by atoms with Gasteiger partial charge in [-0.15, -0.1) is 0 Å². The molecule has 0 spiro atoms. The lowest BCUT2D eigenvalue weighted by Crippen LogP contribution is -2.06. The van der Waals surface area contributed by atoms with E-state index in [0.29, 0.717) is 0 Å². The minimum atomic E-state index is -1.23. The van der Waals surface area contributed by atoms with Crippen LogP contribution < -0.4 is 0 Å². The molecule has 8 N–H and O–H groups in total. The molecule has 0 amide bonds. The van der Waals surface area contributed by atoms with Gasteiger partial charge in [-0.3, -0.25) is 0 Å². The van der Waals surface area contributed by atoms with E-state index in [0.717, 1.165) is 0 Å². The van der Waals surface area contributed by atoms with E-state index in [-0.39, 0.29) is 74.2 Å². The zero-order valence-corrected chi connectivity index (χ0v) is 24.1. The van der Waals surface area contributed by atoms with E-state index in [9.17, 15) is 38.4 Å². The van der Waals surface area contributed by atoms with Crippen molar-refractivity contribution in [2.24, 2.45) is 0 Å². The van der Waals surface area contributed by atoms with Gasteiger partial charge >= 0.3 is 47.8 Å². The third-order valence-corrected chi connectivity index (χ3v) is 5.55. The first-order valence-electron chi connectivity index (χ1n) is 12.7. The number of benzene rings is 4. The second kappa shape index (κ2) is 24.7. The quantitative estimate of drug-likeness (QED) is 0.0917. The standard InChI is InChI=1S/4C8H6O4.4CH4/c4*9-7(10)5-3-1-2-4-6(5)8(11)12;;;;/h4*1-4H,(H,9,10)(H,11,12);4*1H4. The number of aromatic carboxylic acids is 8. The van der Waals surface area contributed by atoms with Gasteiger partial charge in [0.1, 0.15) is 0 Å². The van der Waals surface area contributed by atoms with Crippen molar-refractivity contribution in [3.63, 3.8) is 0 Å². The Balaban J connectivity index is -0.000000288. The molecule has 280 valence electrons. The molecule has 0 heterocycles. The van der Waals surface area contributed by atoms with Gasteiger partial charge in [-0.25, -0.2) is 38.4 Å². The summed E-state index contributed by atoms with van der Waals surface area (Å²) in [5.41, 5.74) is -1.52. The first kappa shape index (κ1) is 51.5. The van der Waals surface area contributed by atoms with Crippen LogP contribution in [0.1, 0.15) is 113 Å². The normalized spacial score (nSPS) is 8.62. The summed E-state index contributed by atoms with van der Waals surface area (Å²) < 4.78 is 0. The lowest BCUT2D eigenvalue weighted by molar-refractivity contribution is 0.0651.